The van der Waals surface area contributed by atoms with Crippen LogP contribution in [0.5, 0.6) is 0 Å². The zero-order valence-corrected chi connectivity index (χ0v) is 16.1. The zero-order chi connectivity index (χ0) is 20.1. The Morgan fingerprint density at radius 2 is 1.89 bits per heavy atom. The number of halogens is 1. The highest BCUT2D eigenvalue weighted by Crippen LogP contribution is 2.28. The number of carboxylic acid groups (broad SMARTS) is 1. The summed E-state index contributed by atoms with van der Waals surface area (Å²) >= 11 is 5.87. The van der Waals surface area contributed by atoms with Crippen LogP contribution in [-0.2, 0) is 9.47 Å². The number of nitrogens with zero attached hydrogens (tertiary/aromatic N) is 1. The number of aromatic carboxylic acids is 1. The fraction of sp³-hybridized carbons (Fsp3) is 0.300. The SMILES string of the molecule is CN(CC1COCCO1)c1ccc(C(=O)O)cc1NC(=O)c1ccc(Cl)cc1. The van der Waals surface area contributed by atoms with Crippen LogP contribution in [0.4, 0.5) is 11.4 Å². The van der Waals surface area contributed by atoms with Gasteiger partial charge in [-0.25, -0.2) is 4.79 Å². The molecule has 148 valence electrons. The zero-order valence-electron chi connectivity index (χ0n) is 15.4. The standard InChI is InChI=1S/C20H21ClN2O5/c1-23(11-16-12-27-8-9-28-16)18-7-4-14(20(25)26)10-17(18)22-19(24)13-2-5-15(21)6-3-13/h2-7,10,16H,8-9,11-12H2,1H3,(H,22,24)(H,25,26). The van der Waals surface area contributed by atoms with E-state index in [2.05, 4.69) is 5.32 Å². The maximum absolute atomic E-state index is 12.6. The van der Waals surface area contributed by atoms with Gasteiger partial charge in [-0.15, -0.1) is 0 Å². The molecule has 2 N–H and O–H groups in total. The molecule has 1 unspecified atom stereocenters. The van der Waals surface area contributed by atoms with E-state index in [1.165, 1.54) is 12.1 Å². The lowest BCUT2D eigenvalue weighted by atomic mass is 10.1. The minimum absolute atomic E-state index is 0.0841. The number of likely N-dealkylation sites (N-methyl/N-ethyl adjacent to an activating group) is 1. The Kier molecular flexibility index (Phi) is 6.51. The van der Waals surface area contributed by atoms with Gasteiger partial charge in [0.1, 0.15) is 0 Å². The molecule has 2 aromatic carbocycles. The second-order valence-corrected chi connectivity index (χ2v) is 6.88. The van der Waals surface area contributed by atoms with Crippen molar-refractivity contribution in [2.45, 2.75) is 6.10 Å². The quantitative estimate of drug-likeness (QED) is 0.769. The van der Waals surface area contributed by atoms with Crippen molar-refractivity contribution < 1.29 is 24.2 Å². The van der Waals surface area contributed by atoms with E-state index >= 15 is 0 Å². The molecule has 3 rings (SSSR count). The van der Waals surface area contributed by atoms with Crippen LogP contribution in [0.25, 0.3) is 0 Å². The van der Waals surface area contributed by atoms with Gasteiger partial charge in [0, 0.05) is 24.2 Å². The maximum atomic E-state index is 12.6. The van der Waals surface area contributed by atoms with Crippen LogP contribution >= 0.6 is 11.6 Å². The Labute approximate surface area is 167 Å². The number of anilines is 2. The lowest BCUT2D eigenvalue weighted by Gasteiger charge is -2.30. The molecule has 1 aliphatic rings. The lowest BCUT2D eigenvalue weighted by molar-refractivity contribution is -0.0837. The monoisotopic (exact) mass is 404 g/mol. The molecule has 2 aromatic rings. The topological polar surface area (TPSA) is 88.1 Å². The first-order chi connectivity index (χ1) is 13.4. The van der Waals surface area contributed by atoms with Crippen LogP contribution in [0.2, 0.25) is 5.02 Å². The molecule has 1 amide bonds. The Hall–Kier alpha value is -2.61. The molecule has 0 saturated carbocycles. The first-order valence-electron chi connectivity index (χ1n) is 8.79. The van der Waals surface area contributed by atoms with Gasteiger partial charge < -0.3 is 24.8 Å². The molecule has 7 nitrogen and oxygen atoms in total. The molecule has 0 spiro atoms. The second kappa shape index (κ2) is 9.05. The number of benzene rings is 2. The van der Waals surface area contributed by atoms with E-state index in [1.807, 2.05) is 11.9 Å². The highest BCUT2D eigenvalue weighted by atomic mass is 35.5. The molecular weight excluding hydrogens is 384 g/mol. The lowest BCUT2D eigenvalue weighted by Crippen LogP contribution is -2.38. The van der Waals surface area contributed by atoms with E-state index in [9.17, 15) is 14.7 Å². The van der Waals surface area contributed by atoms with Crippen LogP contribution < -0.4 is 10.2 Å². The third kappa shape index (κ3) is 5.01. The van der Waals surface area contributed by atoms with Crippen molar-refractivity contribution >= 4 is 34.9 Å². The summed E-state index contributed by atoms with van der Waals surface area (Å²) < 4.78 is 11.1. The highest BCUT2D eigenvalue weighted by Gasteiger charge is 2.20. The van der Waals surface area contributed by atoms with E-state index in [0.29, 0.717) is 48.3 Å². The minimum atomic E-state index is -1.07. The first kappa shape index (κ1) is 20.1. The molecular formula is C20H21ClN2O5. The van der Waals surface area contributed by atoms with E-state index in [1.54, 1.807) is 30.3 Å². The summed E-state index contributed by atoms with van der Waals surface area (Å²) in [6.07, 6.45) is -0.0993. The third-order valence-electron chi connectivity index (χ3n) is 4.37. The van der Waals surface area contributed by atoms with Crippen molar-refractivity contribution in [2.75, 3.05) is 43.6 Å². The molecule has 8 heteroatoms. The molecule has 0 aromatic heterocycles. The Balaban J connectivity index is 1.83. The Bertz CT molecular complexity index is 850. The van der Waals surface area contributed by atoms with Crippen molar-refractivity contribution in [1.29, 1.82) is 0 Å². The van der Waals surface area contributed by atoms with Crippen molar-refractivity contribution in [2.24, 2.45) is 0 Å². The summed E-state index contributed by atoms with van der Waals surface area (Å²) in [5.41, 5.74) is 1.59. The van der Waals surface area contributed by atoms with Gasteiger partial charge in [0.15, 0.2) is 0 Å². The molecule has 1 aliphatic heterocycles. The summed E-state index contributed by atoms with van der Waals surface area (Å²) in [6.45, 7) is 2.15. The number of hydrogen-bond acceptors (Lipinski definition) is 5. The second-order valence-electron chi connectivity index (χ2n) is 6.45. The maximum Gasteiger partial charge on any atom is 0.335 e. The van der Waals surface area contributed by atoms with Crippen LogP contribution in [0.15, 0.2) is 42.5 Å². The van der Waals surface area contributed by atoms with Crippen LogP contribution in [-0.4, -0.2) is 56.5 Å². The van der Waals surface area contributed by atoms with Gasteiger partial charge >= 0.3 is 5.97 Å². The van der Waals surface area contributed by atoms with Gasteiger partial charge in [-0.1, -0.05) is 11.6 Å². The molecule has 28 heavy (non-hydrogen) atoms. The van der Waals surface area contributed by atoms with Gasteiger partial charge in [-0.3, -0.25) is 4.79 Å². The molecule has 0 aliphatic carbocycles. The predicted molar refractivity (Wildman–Crippen MR) is 107 cm³/mol. The summed E-state index contributed by atoms with van der Waals surface area (Å²) in [4.78, 5) is 25.9. The Morgan fingerprint density at radius 3 is 2.54 bits per heavy atom. The predicted octanol–water partition coefficient (Wildman–Crippen LogP) is 3.14. The van der Waals surface area contributed by atoms with Crippen molar-refractivity contribution in [3.05, 3.63) is 58.6 Å². The summed E-state index contributed by atoms with van der Waals surface area (Å²) in [7, 11) is 1.85. The highest BCUT2D eigenvalue weighted by molar-refractivity contribution is 6.30. The van der Waals surface area contributed by atoms with E-state index in [0.717, 1.165) is 0 Å². The van der Waals surface area contributed by atoms with Crippen molar-refractivity contribution in [3.63, 3.8) is 0 Å². The smallest absolute Gasteiger partial charge is 0.335 e. The molecule has 0 radical (unpaired) electrons. The number of carbonyl (C=O) groups excluding carboxylic acids is 1. The van der Waals surface area contributed by atoms with Crippen LogP contribution in [0.1, 0.15) is 20.7 Å². The van der Waals surface area contributed by atoms with Crippen molar-refractivity contribution in [3.8, 4) is 0 Å². The van der Waals surface area contributed by atoms with Gasteiger partial charge in [-0.05, 0) is 42.5 Å². The van der Waals surface area contributed by atoms with E-state index in [-0.39, 0.29) is 17.6 Å². The average molecular weight is 405 g/mol. The Morgan fingerprint density at radius 1 is 1.18 bits per heavy atom. The molecule has 1 saturated heterocycles. The molecule has 1 atom stereocenters. The van der Waals surface area contributed by atoms with Gasteiger partial charge in [-0.2, -0.15) is 0 Å². The average Bonchev–Trinajstić information content (AvgIpc) is 2.69. The number of hydrogen-bond donors (Lipinski definition) is 2. The van der Waals surface area contributed by atoms with Crippen LogP contribution in [0, 0.1) is 0 Å². The summed E-state index contributed by atoms with van der Waals surface area (Å²) in [5.74, 6) is -1.42. The number of carboxylic acids is 1. The number of rotatable bonds is 6. The summed E-state index contributed by atoms with van der Waals surface area (Å²) in [5, 5.41) is 12.6. The van der Waals surface area contributed by atoms with Gasteiger partial charge in [0.2, 0.25) is 0 Å². The summed E-state index contributed by atoms with van der Waals surface area (Å²) in [6, 6.07) is 11.1. The fourth-order valence-corrected chi connectivity index (χ4v) is 3.07. The molecule has 0 bridgehead atoms. The minimum Gasteiger partial charge on any atom is -0.478 e. The van der Waals surface area contributed by atoms with E-state index in [4.69, 9.17) is 21.1 Å². The number of carbonyl (C=O) groups is 2. The fourth-order valence-electron chi connectivity index (χ4n) is 2.94. The normalized spacial score (nSPS) is 16.4. The third-order valence-corrected chi connectivity index (χ3v) is 4.62. The van der Waals surface area contributed by atoms with Crippen LogP contribution in [0.3, 0.4) is 0 Å². The number of amides is 1. The molecule has 1 fully saturated rings. The first-order valence-corrected chi connectivity index (χ1v) is 9.16. The van der Waals surface area contributed by atoms with Crippen molar-refractivity contribution in [1.82, 2.24) is 0 Å². The van der Waals surface area contributed by atoms with Gasteiger partial charge in [0.05, 0.1) is 42.9 Å². The number of nitrogens with one attached hydrogen (secondary N) is 1. The van der Waals surface area contributed by atoms with Gasteiger partial charge in [0.25, 0.3) is 5.91 Å². The largest absolute Gasteiger partial charge is 0.478 e. The number of ether oxygens (including phenoxy) is 2. The van der Waals surface area contributed by atoms with E-state index < -0.39 is 5.97 Å². The molecule has 1 heterocycles.